The summed E-state index contributed by atoms with van der Waals surface area (Å²) < 4.78 is 4.71. The summed E-state index contributed by atoms with van der Waals surface area (Å²) in [6, 6.07) is 2.57. The van der Waals surface area contributed by atoms with Gasteiger partial charge in [-0.1, -0.05) is 23.2 Å². The van der Waals surface area contributed by atoms with Crippen LogP contribution in [0.15, 0.2) is 12.1 Å². The average Bonchev–Trinajstić information content (AvgIpc) is 2.58. The van der Waals surface area contributed by atoms with Crippen LogP contribution in [0.1, 0.15) is 11.6 Å². The van der Waals surface area contributed by atoms with Gasteiger partial charge in [-0.25, -0.2) is 4.79 Å². The van der Waals surface area contributed by atoms with Gasteiger partial charge in [-0.05, 0) is 12.1 Å². The quantitative estimate of drug-likeness (QED) is 0.802. The van der Waals surface area contributed by atoms with E-state index >= 15 is 0 Å². The fraction of sp³-hybridized carbons (Fsp3) is 0.222. The van der Waals surface area contributed by atoms with E-state index in [0.29, 0.717) is 10.6 Å². The minimum atomic E-state index is -0.518. The number of ether oxygens (including phenoxy) is 1. The second-order valence-electron chi connectivity index (χ2n) is 3.12. The van der Waals surface area contributed by atoms with E-state index in [0.717, 1.165) is 0 Å². The summed E-state index contributed by atoms with van der Waals surface area (Å²) >= 11 is 11.5. The molecule has 6 heteroatoms. The van der Waals surface area contributed by atoms with Crippen LogP contribution < -0.4 is 5.32 Å². The fourth-order valence-corrected chi connectivity index (χ4v) is 1.91. The SMILES string of the molecule is O=C1N[C@H](c2cc(Cl)cc(Cl)c2O)CO1. The van der Waals surface area contributed by atoms with Gasteiger partial charge in [0.25, 0.3) is 0 Å². The number of alkyl carbamates (subject to hydrolysis) is 1. The van der Waals surface area contributed by atoms with Crippen LogP contribution in [-0.4, -0.2) is 17.8 Å². The molecule has 2 rings (SSSR count). The number of cyclic esters (lactones) is 1. The van der Waals surface area contributed by atoms with Gasteiger partial charge in [0.1, 0.15) is 12.4 Å². The van der Waals surface area contributed by atoms with E-state index in [1.807, 2.05) is 0 Å². The highest BCUT2D eigenvalue weighted by molar-refractivity contribution is 6.35. The molecule has 0 radical (unpaired) electrons. The Morgan fingerprint density at radius 1 is 1.47 bits per heavy atom. The molecule has 0 aliphatic carbocycles. The van der Waals surface area contributed by atoms with Crippen LogP contribution in [0.2, 0.25) is 10.0 Å². The lowest BCUT2D eigenvalue weighted by Crippen LogP contribution is -2.18. The van der Waals surface area contributed by atoms with Crippen LogP contribution in [0, 0.1) is 0 Å². The van der Waals surface area contributed by atoms with Gasteiger partial charge in [-0.3, -0.25) is 0 Å². The van der Waals surface area contributed by atoms with Gasteiger partial charge in [0.2, 0.25) is 0 Å². The first-order valence-corrected chi connectivity index (χ1v) is 4.94. The Kier molecular flexibility index (Phi) is 2.63. The normalized spacial score (nSPS) is 19.9. The maximum Gasteiger partial charge on any atom is 0.407 e. The minimum Gasteiger partial charge on any atom is -0.506 e. The van der Waals surface area contributed by atoms with Gasteiger partial charge in [0, 0.05) is 10.6 Å². The van der Waals surface area contributed by atoms with Gasteiger partial charge >= 0.3 is 6.09 Å². The maximum absolute atomic E-state index is 10.8. The number of carbonyl (C=O) groups is 1. The van der Waals surface area contributed by atoms with Crippen LogP contribution in [-0.2, 0) is 4.74 Å². The molecule has 2 N–H and O–H groups in total. The van der Waals surface area contributed by atoms with Crippen LogP contribution in [0.5, 0.6) is 5.75 Å². The zero-order valence-electron chi connectivity index (χ0n) is 7.46. The molecule has 1 atom stereocenters. The van der Waals surface area contributed by atoms with E-state index in [9.17, 15) is 9.90 Å². The van der Waals surface area contributed by atoms with Crippen LogP contribution in [0.25, 0.3) is 0 Å². The van der Waals surface area contributed by atoms with Gasteiger partial charge in [-0.15, -0.1) is 0 Å². The number of amides is 1. The Bertz CT molecular complexity index is 422. The summed E-state index contributed by atoms with van der Waals surface area (Å²) in [4.78, 5) is 10.8. The molecule has 4 nitrogen and oxygen atoms in total. The van der Waals surface area contributed by atoms with Crippen molar-refractivity contribution in [3.63, 3.8) is 0 Å². The van der Waals surface area contributed by atoms with Crippen molar-refractivity contribution in [2.45, 2.75) is 6.04 Å². The molecule has 1 fully saturated rings. The van der Waals surface area contributed by atoms with Gasteiger partial charge in [0.05, 0.1) is 11.1 Å². The standard InChI is InChI=1S/C9H7Cl2NO3/c10-4-1-5(8(13)6(11)2-4)7-3-15-9(14)12-7/h1-2,7,13H,3H2,(H,12,14)/t7-/m0/s1. The predicted octanol–water partition coefficient (Wildman–Crippen LogP) is 2.48. The third-order valence-electron chi connectivity index (χ3n) is 2.11. The highest BCUT2D eigenvalue weighted by Gasteiger charge is 2.27. The summed E-state index contributed by atoms with van der Waals surface area (Å²) in [6.07, 6.45) is -0.518. The lowest BCUT2D eigenvalue weighted by molar-refractivity contribution is 0.177. The minimum absolute atomic E-state index is 0.0862. The molecule has 1 saturated heterocycles. The summed E-state index contributed by atoms with van der Waals surface area (Å²) in [5.74, 6) is -0.0862. The van der Waals surface area contributed by atoms with E-state index in [1.54, 1.807) is 6.07 Å². The third-order valence-corrected chi connectivity index (χ3v) is 2.61. The van der Waals surface area contributed by atoms with Crippen molar-refractivity contribution < 1.29 is 14.6 Å². The average molecular weight is 248 g/mol. The molecule has 0 bridgehead atoms. The maximum atomic E-state index is 10.8. The van der Waals surface area contributed by atoms with Crippen molar-refractivity contribution in [1.29, 1.82) is 0 Å². The van der Waals surface area contributed by atoms with E-state index in [1.165, 1.54) is 6.07 Å². The summed E-state index contributed by atoms with van der Waals surface area (Å²) in [5.41, 5.74) is 0.457. The number of phenolic OH excluding ortho intramolecular Hbond substituents is 1. The molecule has 15 heavy (non-hydrogen) atoms. The topological polar surface area (TPSA) is 58.6 Å². The first-order valence-electron chi connectivity index (χ1n) is 4.19. The first kappa shape index (κ1) is 10.4. The fourth-order valence-electron chi connectivity index (χ4n) is 1.40. The number of phenols is 1. The summed E-state index contributed by atoms with van der Waals surface area (Å²) in [6.45, 7) is 0.156. The monoisotopic (exact) mass is 247 g/mol. The second kappa shape index (κ2) is 3.79. The molecule has 0 aromatic heterocycles. The molecule has 1 heterocycles. The summed E-state index contributed by atoms with van der Waals surface area (Å²) in [7, 11) is 0. The number of hydrogen-bond acceptors (Lipinski definition) is 3. The van der Waals surface area contributed by atoms with E-state index in [2.05, 4.69) is 5.32 Å². The van der Waals surface area contributed by atoms with Crippen molar-refractivity contribution in [2.75, 3.05) is 6.61 Å². The molecule has 1 aromatic carbocycles. The van der Waals surface area contributed by atoms with E-state index < -0.39 is 12.1 Å². The highest BCUT2D eigenvalue weighted by Crippen LogP contribution is 2.35. The van der Waals surface area contributed by atoms with Crippen LogP contribution in [0.3, 0.4) is 0 Å². The lowest BCUT2D eigenvalue weighted by atomic mass is 10.1. The molecule has 0 saturated carbocycles. The molecule has 1 aromatic rings. The Morgan fingerprint density at radius 2 is 2.20 bits per heavy atom. The van der Waals surface area contributed by atoms with Crippen molar-refractivity contribution in [3.05, 3.63) is 27.7 Å². The zero-order valence-corrected chi connectivity index (χ0v) is 8.97. The van der Waals surface area contributed by atoms with Crippen molar-refractivity contribution >= 4 is 29.3 Å². The molecule has 0 unspecified atom stereocenters. The molecular weight excluding hydrogens is 241 g/mol. The highest BCUT2D eigenvalue weighted by atomic mass is 35.5. The number of aromatic hydroxyl groups is 1. The third kappa shape index (κ3) is 1.96. The number of carbonyl (C=O) groups excluding carboxylic acids is 1. The smallest absolute Gasteiger partial charge is 0.407 e. The Morgan fingerprint density at radius 3 is 2.80 bits per heavy atom. The van der Waals surface area contributed by atoms with Gasteiger partial charge < -0.3 is 15.2 Å². The van der Waals surface area contributed by atoms with Crippen molar-refractivity contribution in [1.82, 2.24) is 5.32 Å². The molecule has 1 aliphatic heterocycles. The molecule has 80 valence electrons. The number of benzene rings is 1. The van der Waals surface area contributed by atoms with Crippen LogP contribution in [0.4, 0.5) is 4.79 Å². The lowest BCUT2D eigenvalue weighted by Gasteiger charge is -2.11. The second-order valence-corrected chi connectivity index (χ2v) is 3.96. The number of nitrogens with one attached hydrogen (secondary N) is 1. The van der Waals surface area contributed by atoms with E-state index in [-0.39, 0.29) is 17.4 Å². The van der Waals surface area contributed by atoms with Gasteiger partial charge in [0.15, 0.2) is 0 Å². The predicted molar refractivity (Wildman–Crippen MR) is 55.4 cm³/mol. The Labute approximate surface area is 95.7 Å². The van der Waals surface area contributed by atoms with Crippen molar-refractivity contribution in [3.8, 4) is 5.75 Å². The largest absolute Gasteiger partial charge is 0.506 e. The number of hydrogen-bond donors (Lipinski definition) is 2. The number of halogens is 2. The summed E-state index contributed by atoms with van der Waals surface area (Å²) in [5, 5.41) is 12.7. The van der Waals surface area contributed by atoms with Crippen molar-refractivity contribution in [2.24, 2.45) is 0 Å². The van der Waals surface area contributed by atoms with E-state index in [4.69, 9.17) is 27.9 Å². The molecular formula is C9H7Cl2NO3. The molecule has 1 amide bonds. The van der Waals surface area contributed by atoms with Gasteiger partial charge in [-0.2, -0.15) is 0 Å². The number of rotatable bonds is 1. The zero-order chi connectivity index (χ0) is 11.0. The molecule has 0 spiro atoms. The Hall–Kier alpha value is -1.13. The van der Waals surface area contributed by atoms with Crippen LogP contribution >= 0.6 is 23.2 Å². The molecule has 1 aliphatic rings. The Balaban J connectivity index is 2.39. The first-order chi connectivity index (χ1) is 7.08.